The predicted molar refractivity (Wildman–Crippen MR) is 73.6 cm³/mol. The third-order valence-corrected chi connectivity index (χ3v) is 2.75. The summed E-state index contributed by atoms with van der Waals surface area (Å²) in [5.41, 5.74) is 0.278. The van der Waals surface area contributed by atoms with Crippen molar-refractivity contribution in [2.45, 2.75) is 19.4 Å². The SMILES string of the molecule is CC(CC(=O)O)NC(=O)CNC(=O)c1ccccc1Cl. The highest BCUT2D eigenvalue weighted by molar-refractivity contribution is 6.33. The van der Waals surface area contributed by atoms with Crippen molar-refractivity contribution in [1.29, 1.82) is 0 Å². The number of carbonyl (C=O) groups excluding carboxylic acids is 2. The molecule has 0 spiro atoms. The first-order valence-electron chi connectivity index (χ1n) is 5.94. The van der Waals surface area contributed by atoms with Gasteiger partial charge in [0.1, 0.15) is 0 Å². The minimum Gasteiger partial charge on any atom is -0.481 e. The Kier molecular flexibility index (Phi) is 5.99. The van der Waals surface area contributed by atoms with Gasteiger partial charge < -0.3 is 15.7 Å². The Morgan fingerprint density at radius 2 is 1.95 bits per heavy atom. The Morgan fingerprint density at radius 3 is 2.55 bits per heavy atom. The van der Waals surface area contributed by atoms with Gasteiger partial charge in [-0.2, -0.15) is 0 Å². The monoisotopic (exact) mass is 298 g/mol. The molecule has 3 N–H and O–H groups in total. The lowest BCUT2D eigenvalue weighted by atomic mass is 10.2. The molecular weight excluding hydrogens is 284 g/mol. The average Bonchev–Trinajstić information content (AvgIpc) is 2.35. The molecule has 20 heavy (non-hydrogen) atoms. The fraction of sp³-hybridized carbons (Fsp3) is 0.308. The van der Waals surface area contributed by atoms with Gasteiger partial charge >= 0.3 is 5.97 Å². The molecule has 1 unspecified atom stereocenters. The van der Waals surface area contributed by atoms with Crippen LogP contribution >= 0.6 is 11.6 Å². The molecule has 0 radical (unpaired) electrons. The number of carboxylic acid groups (broad SMARTS) is 1. The molecule has 0 bridgehead atoms. The molecule has 0 saturated heterocycles. The molecule has 0 heterocycles. The third kappa shape index (κ3) is 5.27. The van der Waals surface area contributed by atoms with E-state index in [0.717, 1.165) is 0 Å². The minimum absolute atomic E-state index is 0.176. The van der Waals surface area contributed by atoms with E-state index in [2.05, 4.69) is 10.6 Å². The molecule has 0 fully saturated rings. The van der Waals surface area contributed by atoms with E-state index in [-0.39, 0.29) is 18.5 Å². The van der Waals surface area contributed by atoms with Crippen molar-refractivity contribution in [1.82, 2.24) is 10.6 Å². The number of rotatable bonds is 6. The highest BCUT2D eigenvalue weighted by atomic mass is 35.5. The number of benzene rings is 1. The van der Waals surface area contributed by atoms with Gasteiger partial charge in [-0.25, -0.2) is 0 Å². The van der Waals surface area contributed by atoms with Gasteiger partial charge in [-0.15, -0.1) is 0 Å². The fourth-order valence-electron chi connectivity index (χ4n) is 1.54. The summed E-state index contributed by atoms with van der Waals surface area (Å²) in [6.45, 7) is 1.33. The van der Waals surface area contributed by atoms with Gasteiger partial charge in [0, 0.05) is 6.04 Å². The van der Waals surface area contributed by atoms with Crippen molar-refractivity contribution in [3.8, 4) is 0 Å². The largest absolute Gasteiger partial charge is 0.481 e. The molecule has 0 aliphatic heterocycles. The Balaban J connectivity index is 2.43. The second kappa shape index (κ2) is 7.49. The molecule has 2 amide bonds. The lowest BCUT2D eigenvalue weighted by Crippen LogP contribution is -2.41. The van der Waals surface area contributed by atoms with E-state index in [0.29, 0.717) is 5.02 Å². The van der Waals surface area contributed by atoms with Crippen molar-refractivity contribution in [2.75, 3.05) is 6.54 Å². The van der Waals surface area contributed by atoms with Crippen LogP contribution in [-0.4, -0.2) is 35.5 Å². The van der Waals surface area contributed by atoms with E-state index >= 15 is 0 Å². The zero-order valence-corrected chi connectivity index (χ0v) is 11.6. The van der Waals surface area contributed by atoms with Crippen molar-refractivity contribution < 1.29 is 19.5 Å². The maximum absolute atomic E-state index is 11.8. The number of halogens is 1. The normalized spacial score (nSPS) is 11.5. The minimum atomic E-state index is -1.00. The van der Waals surface area contributed by atoms with Gasteiger partial charge in [-0.05, 0) is 19.1 Å². The van der Waals surface area contributed by atoms with Gasteiger partial charge in [-0.3, -0.25) is 14.4 Å². The van der Waals surface area contributed by atoms with Crippen molar-refractivity contribution in [3.05, 3.63) is 34.9 Å². The van der Waals surface area contributed by atoms with Crippen LogP contribution in [0, 0.1) is 0 Å². The highest BCUT2D eigenvalue weighted by Gasteiger charge is 2.13. The summed E-state index contributed by atoms with van der Waals surface area (Å²) in [7, 11) is 0. The zero-order valence-electron chi connectivity index (χ0n) is 10.9. The molecule has 1 atom stereocenters. The van der Waals surface area contributed by atoms with E-state index in [1.807, 2.05) is 0 Å². The maximum Gasteiger partial charge on any atom is 0.305 e. The highest BCUT2D eigenvalue weighted by Crippen LogP contribution is 2.14. The first kappa shape index (κ1) is 16.0. The Labute approximate surface area is 121 Å². The van der Waals surface area contributed by atoms with Crippen LogP contribution in [0.4, 0.5) is 0 Å². The lowest BCUT2D eigenvalue weighted by molar-refractivity contribution is -0.137. The van der Waals surface area contributed by atoms with Crippen molar-refractivity contribution in [3.63, 3.8) is 0 Å². The smallest absolute Gasteiger partial charge is 0.305 e. The van der Waals surface area contributed by atoms with Crippen LogP contribution in [0.1, 0.15) is 23.7 Å². The average molecular weight is 299 g/mol. The van der Waals surface area contributed by atoms with Crippen LogP contribution in [-0.2, 0) is 9.59 Å². The van der Waals surface area contributed by atoms with Gasteiger partial charge in [-0.1, -0.05) is 23.7 Å². The number of carbonyl (C=O) groups is 3. The molecule has 1 rings (SSSR count). The van der Waals surface area contributed by atoms with Gasteiger partial charge in [0.05, 0.1) is 23.6 Å². The summed E-state index contributed by atoms with van der Waals surface area (Å²) in [6.07, 6.45) is -0.176. The van der Waals surface area contributed by atoms with Gasteiger partial charge in [0.25, 0.3) is 5.91 Å². The third-order valence-electron chi connectivity index (χ3n) is 2.42. The number of amides is 2. The molecule has 0 aromatic heterocycles. The second-order valence-corrected chi connectivity index (χ2v) is 4.64. The van der Waals surface area contributed by atoms with Crippen molar-refractivity contribution in [2.24, 2.45) is 0 Å². The van der Waals surface area contributed by atoms with Gasteiger partial charge in [0.15, 0.2) is 0 Å². The van der Waals surface area contributed by atoms with Crippen LogP contribution in [0.15, 0.2) is 24.3 Å². The van der Waals surface area contributed by atoms with Crippen LogP contribution in [0.25, 0.3) is 0 Å². The molecule has 0 aliphatic rings. The summed E-state index contributed by atoms with van der Waals surface area (Å²) in [5.74, 6) is -1.92. The molecule has 1 aromatic rings. The summed E-state index contributed by atoms with van der Waals surface area (Å²) in [6, 6.07) is 5.97. The standard InChI is InChI=1S/C13H15ClN2O4/c1-8(6-12(18)19)16-11(17)7-15-13(20)9-4-2-3-5-10(9)14/h2-5,8H,6-7H2,1H3,(H,15,20)(H,16,17)(H,18,19). The summed E-state index contributed by atoms with van der Waals surface area (Å²) < 4.78 is 0. The van der Waals surface area contributed by atoms with Crippen LogP contribution < -0.4 is 10.6 Å². The first-order chi connectivity index (χ1) is 9.40. The number of carboxylic acids is 1. The Morgan fingerprint density at radius 1 is 1.30 bits per heavy atom. The summed E-state index contributed by atoms with van der Waals surface area (Å²) in [5, 5.41) is 13.7. The Bertz CT molecular complexity index is 519. The van der Waals surface area contributed by atoms with E-state index < -0.39 is 23.8 Å². The molecular formula is C13H15ClN2O4. The molecule has 1 aromatic carbocycles. The molecule has 108 valence electrons. The number of hydrogen-bond acceptors (Lipinski definition) is 3. The van der Waals surface area contributed by atoms with Gasteiger partial charge in [0.2, 0.25) is 5.91 Å². The van der Waals surface area contributed by atoms with E-state index in [4.69, 9.17) is 16.7 Å². The van der Waals surface area contributed by atoms with Crippen LogP contribution in [0.3, 0.4) is 0 Å². The quantitative estimate of drug-likeness (QED) is 0.731. The fourth-order valence-corrected chi connectivity index (χ4v) is 1.76. The summed E-state index contributed by atoms with van der Waals surface area (Å²) >= 11 is 5.85. The van der Waals surface area contributed by atoms with E-state index in [1.54, 1.807) is 31.2 Å². The second-order valence-electron chi connectivity index (χ2n) is 4.23. The predicted octanol–water partition coefficient (Wildman–Crippen LogP) is 1.05. The zero-order chi connectivity index (χ0) is 15.1. The summed E-state index contributed by atoms with van der Waals surface area (Å²) in [4.78, 5) is 33.7. The maximum atomic E-state index is 11.8. The van der Waals surface area contributed by atoms with E-state index in [1.165, 1.54) is 0 Å². The van der Waals surface area contributed by atoms with Crippen LogP contribution in [0.2, 0.25) is 5.02 Å². The molecule has 6 nitrogen and oxygen atoms in total. The lowest BCUT2D eigenvalue weighted by Gasteiger charge is -2.12. The first-order valence-corrected chi connectivity index (χ1v) is 6.32. The molecule has 0 aliphatic carbocycles. The Hall–Kier alpha value is -2.08. The number of aliphatic carboxylic acids is 1. The number of nitrogens with one attached hydrogen (secondary N) is 2. The van der Waals surface area contributed by atoms with Crippen molar-refractivity contribution >= 4 is 29.4 Å². The molecule has 7 heteroatoms. The molecule has 0 saturated carbocycles. The van der Waals surface area contributed by atoms with E-state index in [9.17, 15) is 14.4 Å². The number of hydrogen-bond donors (Lipinski definition) is 3. The van der Waals surface area contributed by atoms with Crippen LogP contribution in [0.5, 0.6) is 0 Å². The topological polar surface area (TPSA) is 95.5 Å².